The van der Waals surface area contributed by atoms with E-state index in [0.29, 0.717) is 12.8 Å². The highest BCUT2D eigenvalue weighted by Gasteiger charge is 2.11. The minimum atomic E-state index is -0.873. The van der Waals surface area contributed by atoms with Gasteiger partial charge in [-0.25, -0.2) is 9.18 Å². The molecule has 3 N–H and O–H groups in total. The zero-order chi connectivity index (χ0) is 15.1. The van der Waals surface area contributed by atoms with Gasteiger partial charge in [-0.2, -0.15) is 0 Å². The van der Waals surface area contributed by atoms with Crippen LogP contribution in [-0.2, 0) is 4.79 Å². The summed E-state index contributed by atoms with van der Waals surface area (Å²) in [7, 11) is 0. The predicted octanol–water partition coefficient (Wildman–Crippen LogP) is 3.24. The van der Waals surface area contributed by atoms with Crippen LogP contribution in [0.1, 0.15) is 26.2 Å². The number of aliphatic carboxylic acids is 1. The maximum atomic E-state index is 13.6. The lowest BCUT2D eigenvalue weighted by molar-refractivity contribution is -0.137. The lowest BCUT2D eigenvalue weighted by Crippen LogP contribution is -2.36. The first kappa shape index (κ1) is 16.2. The number of carbonyl (C=O) groups excluding carboxylic acids is 1. The molecule has 0 fully saturated rings. The first-order chi connectivity index (χ1) is 9.40. The Labute approximate surface area is 121 Å². The first-order valence-corrected chi connectivity index (χ1v) is 6.51. The Hall–Kier alpha value is -1.82. The van der Waals surface area contributed by atoms with Gasteiger partial charge in [-0.15, -0.1) is 0 Å². The summed E-state index contributed by atoms with van der Waals surface area (Å²) in [5, 5.41) is 13.4. The van der Waals surface area contributed by atoms with Gasteiger partial charge < -0.3 is 15.7 Å². The van der Waals surface area contributed by atoms with Gasteiger partial charge in [0.1, 0.15) is 0 Å². The number of carboxylic acid groups (broad SMARTS) is 1. The number of anilines is 1. The Bertz CT molecular complexity index is 497. The summed E-state index contributed by atoms with van der Waals surface area (Å²) >= 11 is 5.60. The number of halogens is 2. The molecule has 2 amide bonds. The molecule has 0 heterocycles. The van der Waals surface area contributed by atoms with Crippen molar-refractivity contribution in [1.29, 1.82) is 0 Å². The monoisotopic (exact) mass is 302 g/mol. The van der Waals surface area contributed by atoms with E-state index < -0.39 is 17.8 Å². The molecule has 0 aliphatic heterocycles. The van der Waals surface area contributed by atoms with Crippen LogP contribution < -0.4 is 10.6 Å². The molecule has 0 spiro atoms. The van der Waals surface area contributed by atoms with Crippen molar-refractivity contribution in [3.05, 3.63) is 29.0 Å². The Balaban J connectivity index is 2.43. The summed E-state index contributed by atoms with van der Waals surface area (Å²) in [5.41, 5.74) is -0.00673. The largest absolute Gasteiger partial charge is 0.481 e. The molecule has 0 aliphatic carbocycles. The number of nitrogens with one attached hydrogen (secondary N) is 2. The SMILES string of the molecule is CC(CCCC(=O)O)NC(=O)Nc1cccc(Cl)c1F. The standard InChI is InChI=1S/C13H16ClFN2O3/c1-8(4-2-7-11(18)19)16-13(20)17-10-6-3-5-9(14)12(10)15/h3,5-6,8H,2,4,7H2,1H3,(H,18,19)(H2,16,17,20). The fourth-order valence-electron chi connectivity index (χ4n) is 1.61. The van der Waals surface area contributed by atoms with E-state index >= 15 is 0 Å². The Kier molecular flexibility index (Phi) is 6.24. The molecular formula is C13H16ClFN2O3. The lowest BCUT2D eigenvalue weighted by atomic mass is 10.1. The van der Waals surface area contributed by atoms with Crippen molar-refractivity contribution >= 4 is 29.3 Å². The summed E-state index contributed by atoms with van der Waals surface area (Å²) < 4.78 is 13.6. The molecule has 1 aromatic carbocycles. The molecule has 0 radical (unpaired) electrons. The second-order valence-electron chi connectivity index (χ2n) is 4.39. The van der Waals surface area contributed by atoms with E-state index in [9.17, 15) is 14.0 Å². The van der Waals surface area contributed by atoms with Crippen molar-refractivity contribution in [3.8, 4) is 0 Å². The maximum absolute atomic E-state index is 13.6. The molecular weight excluding hydrogens is 287 g/mol. The third-order valence-corrected chi connectivity index (χ3v) is 2.90. The molecule has 0 bridgehead atoms. The number of amides is 2. The molecule has 7 heteroatoms. The number of hydrogen-bond acceptors (Lipinski definition) is 2. The number of urea groups is 1. The third kappa shape index (κ3) is 5.44. The van der Waals surface area contributed by atoms with Crippen LogP contribution in [0.15, 0.2) is 18.2 Å². The molecule has 1 aromatic rings. The normalized spacial score (nSPS) is 11.8. The van der Waals surface area contributed by atoms with Crippen LogP contribution in [0.3, 0.4) is 0 Å². The van der Waals surface area contributed by atoms with E-state index in [0.717, 1.165) is 0 Å². The van der Waals surface area contributed by atoms with Gasteiger partial charge in [0.15, 0.2) is 5.82 Å². The quantitative estimate of drug-likeness (QED) is 0.755. The summed E-state index contributed by atoms with van der Waals surface area (Å²) in [6.45, 7) is 1.75. The molecule has 0 saturated heterocycles. The fourth-order valence-corrected chi connectivity index (χ4v) is 1.79. The van der Waals surface area contributed by atoms with E-state index in [1.165, 1.54) is 18.2 Å². The van der Waals surface area contributed by atoms with Crippen molar-refractivity contribution in [2.75, 3.05) is 5.32 Å². The van der Waals surface area contributed by atoms with E-state index in [1.54, 1.807) is 6.92 Å². The van der Waals surface area contributed by atoms with Gasteiger partial charge in [0.25, 0.3) is 0 Å². The van der Waals surface area contributed by atoms with Crippen molar-refractivity contribution in [1.82, 2.24) is 5.32 Å². The summed E-state index contributed by atoms with van der Waals surface area (Å²) in [4.78, 5) is 22.0. The van der Waals surface area contributed by atoms with Gasteiger partial charge in [0.2, 0.25) is 0 Å². The minimum Gasteiger partial charge on any atom is -0.481 e. The Morgan fingerprint density at radius 2 is 2.15 bits per heavy atom. The molecule has 5 nitrogen and oxygen atoms in total. The molecule has 110 valence electrons. The zero-order valence-electron chi connectivity index (χ0n) is 11.0. The van der Waals surface area contributed by atoms with Crippen LogP contribution in [0.5, 0.6) is 0 Å². The van der Waals surface area contributed by atoms with Crippen LogP contribution in [0.4, 0.5) is 14.9 Å². The van der Waals surface area contributed by atoms with Crippen LogP contribution in [0, 0.1) is 5.82 Å². The Morgan fingerprint density at radius 3 is 2.80 bits per heavy atom. The average molecular weight is 303 g/mol. The van der Waals surface area contributed by atoms with Gasteiger partial charge in [0, 0.05) is 12.5 Å². The van der Waals surface area contributed by atoms with Gasteiger partial charge in [-0.05, 0) is 31.9 Å². The molecule has 1 atom stereocenters. The van der Waals surface area contributed by atoms with E-state index in [4.69, 9.17) is 16.7 Å². The first-order valence-electron chi connectivity index (χ1n) is 6.13. The van der Waals surface area contributed by atoms with Gasteiger partial charge in [0.05, 0.1) is 10.7 Å². The molecule has 0 aliphatic rings. The number of carbonyl (C=O) groups is 2. The van der Waals surface area contributed by atoms with Crippen LogP contribution in [0.2, 0.25) is 5.02 Å². The summed E-state index contributed by atoms with van der Waals surface area (Å²) in [6, 6.07) is 3.53. The van der Waals surface area contributed by atoms with E-state index in [2.05, 4.69) is 10.6 Å². The molecule has 1 rings (SSSR count). The van der Waals surface area contributed by atoms with Crippen LogP contribution in [0.25, 0.3) is 0 Å². The minimum absolute atomic E-state index is 0.00673. The maximum Gasteiger partial charge on any atom is 0.319 e. The van der Waals surface area contributed by atoms with E-state index in [-0.39, 0.29) is 23.2 Å². The van der Waals surface area contributed by atoms with Crippen molar-refractivity contribution in [2.24, 2.45) is 0 Å². The number of carboxylic acids is 1. The highest BCUT2D eigenvalue weighted by atomic mass is 35.5. The van der Waals surface area contributed by atoms with Crippen LogP contribution >= 0.6 is 11.6 Å². The topological polar surface area (TPSA) is 78.4 Å². The molecule has 1 unspecified atom stereocenters. The summed E-state index contributed by atoms with van der Waals surface area (Å²) in [5.74, 6) is -1.56. The smallest absolute Gasteiger partial charge is 0.319 e. The second kappa shape index (κ2) is 7.69. The van der Waals surface area contributed by atoms with Crippen molar-refractivity contribution < 1.29 is 19.1 Å². The predicted molar refractivity (Wildman–Crippen MR) is 74.5 cm³/mol. The number of rotatable bonds is 6. The third-order valence-electron chi connectivity index (χ3n) is 2.61. The molecule has 0 aromatic heterocycles. The molecule has 20 heavy (non-hydrogen) atoms. The van der Waals surface area contributed by atoms with Crippen molar-refractivity contribution in [3.63, 3.8) is 0 Å². The van der Waals surface area contributed by atoms with Crippen molar-refractivity contribution in [2.45, 2.75) is 32.2 Å². The second-order valence-corrected chi connectivity index (χ2v) is 4.79. The molecule has 0 saturated carbocycles. The van der Waals surface area contributed by atoms with Gasteiger partial charge >= 0.3 is 12.0 Å². The van der Waals surface area contributed by atoms with E-state index in [1.807, 2.05) is 0 Å². The zero-order valence-corrected chi connectivity index (χ0v) is 11.7. The van der Waals surface area contributed by atoms with Gasteiger partial charge in [-0.3, -0.25) is 4.79 Å². The van der Waals surface area contributed by atoms with Crippen LogP contribution in [-0.4, -0.2) is 23.1 Å². The lowest BCUT2D eigenvalue weighted by Gasteiger charge is -2.14. The number of hydrogen-bond donors (Lipinski definition) is 3. The fraction of sp³-hybridized carbons (Fsp3) is 0.385. The highest BCUT2D eigenvalue weighted by molar-refractivity contribution is 6.31. The average Bonchev–Trinajstić information content (AvgIpc) is 2.34. The number of benzene rings is 1. The van der Waals surface area contributed by atoms with Gasteiger partial charge in [-0.1, -0.05) is 17.7 Å². The summed E-state index contributed by atoms with van der Waals surface area (Å²) in [6.07, 6.45) is 1.04. The Morgan fingerprint density at radius 1 is 1.45 bits per heavy atom. The highest BCUT2D eigenvalue weighted by Crippen LogP contribution is 2.21.